The highest BCUT2D eigenvalue weighted by atomic mass is 35.5. The molecule has 1 aliphatic rings. The van der Waals surface area contributed by atoms with Gasteiger partial charge in [0.05, 0.1) is 0 Å². The van der Waals surface area contributed by atoms with Crippen LogP contribution in [0.5, 0.6) is 0 Å². The van der Waals surface area contributed by atoms with E-state index in [-0.39, 0.29) is 12.4 Å². The molecule has 20 heavy (non-hydrogen) atoms. The molecule has 3 rings (SSSR count). The van der Waals surface area contributed by atoms with Gasteiger partial charge in [-0.1, -0.05) is 18.2 Å². The van der Waals surface area contributed by atoms with Crippen LogP contribution in [0.3, 0.4) is 0 Å². The van der Waals surface area contributed by atoms with Crippen LogP contribution in [0.1, 0.15) is 18.4 Å². The average Bonchev–Trinajstić information content (AvgIpc) is 2.76. The summed E-state index contributed by atoms with van der Waals surface area (Å²) in [6.45, 7) is 3.08. The summed E-state index contributed by atoms with van der Waals surface area (Å²) in [5, 5.41) is 5.04. The number of nitrogens with zero attached hydrogens (tertiary/aromatic N) is 1. The largest absolute Gasteiger partial charge is 0.444 e. The maximum Gasteiger partial charge on any atom is 0.199 e. The van der Waals surface area contributed by atoms with Crippen LogP contribution in [0.25, 0.3) is 11.0 Å². The fourth-order valence-corrected chi connectivity index (χ4v) is 3.12. The lowest BCUT2D eigenvalue weighted by Crippen LogP contribution is -2.43. The minimum atomic E-state index is 0. The topological polar surface area (TPSA) is 28.4 Å². The van der Waals surface area contributed by atoms with E-state index in [1.807, 2.05) is 25.2 Å². The van der Waals surface area contributed by atoms with Crippen molar-refractivity contribution >= 4 is 35.0 Å². The summed E-state index contributed by atoms with van der Waals surface area (Å²) in [4.78, 5) is 2.45. The van der Waals surface area contributed by atoms with Gasteiger partial charge in [0, 0.05) is 30.1 Å². The fraction of sp³-hybridized carbons (Fsp3) is 0.467. The second-order valence-electron chi connectivity index (χ2n) is 5.21. The van der Waals surface area contributed by atoms with E-state index in [1.54, 1.807) is 0 Å². The van der Waals surface area contributed by atoms with E-state index in [0.29, 0.717) is 11.3 Å². The number of halogens is 2. The van der Waals surface area contributed by atoms with Crippen molar-refractivity contribution in [3.63, 3.8) is 0 Å². The van der Waals surface area contributed by atoms with E-state index in [2.05, 4.69) is 16.3 Å². The van der Waals surface area contributed by atoms with E-state index in [9.17, 15) is 0 Å². The van der Waals surface area contributed by atoms with Crippen LogP contribution in [0.4, 0.5) is 0 Å². The summed E-state index contributed by atoms with van der Waals surface area (Å²) in [6.07, 6.45) is 2.49. The SMILES string of the molecule is CNC1CCCN(Cc2c(Cl)oc3ccccc23)C1.Cl. The molecule has 1 aromatic carbocycles. The number of likely N-dealkylation sites (N-methyl/N-ethyl adjacent to an activating group) is 1. The maximum atomic E-state index is 6.25. The minimum Gasteiger partial charge on any atom is -0.444 e. The van der Waals surface area contributed by atoms with Crippen LogP contribution in [0.2, 0.25) is 5.22 Å². The van der Waals surface area contributed by atoms with E-state index >= 15 is 0 Å². The molecule has 1 atom stereocenters. The molecule has 1 saturated heterocycles. The monoisotopic (exact) mass is 314 g/mol. The van der Waals surface area contributed by atoms with Crippen LogP contribution >= 0.6 is 24.0 Å². The first-order valence-corrected chi connectivity index (χ1v) is 7.21. The minimum absolute atomic E-state index is 0. The van der Waals surface area contributed by atoms with Gasteiger partial charge in [0.1, 0.15) is 5.58 Å². The van der Waals surface area contributed by atoms with Gasteiger partial charge in [0.15, 0.2) is 5.22 Å². The van der Waals surface area contributed by atoms with E-state index in [1.165, 1.54) is 12.8 Å². The van der Waals surface area contributed by atoms with Crippen molar-refractivity contribution in [2.75, 3.05) is 20.1 Å². The Labute approximate surface area is 130 Å². The number of hydrogen-bond donors (Lipinski definition) is 1. The van der Waals surface area contributed by atoms with Crippen molar-refractivity contribution in [2.24, 2.45) is 0 Å². The first-order chi connectivity index (χ1) is 9.28. The van der Waals surface area contributed by atoms with Gasteiger partial charge in [-0.3, -0.25) is 4.90 Å². The Balaban J connectivity index is 0.00000147. The zero-order chi connectivity index (χ0) is 13.2. The molecular formula is C15H20Cl2N2O. The van der Waals surface area contributed by atoms with Gasteiger partial charge in [0.25, 0.3) is 0 Å². The van der Waals surface area contributed by atoms with E-state index < -0.39 is 0 Å². The van der Waals surface area contributed by atoms with Gasteiger partial charge in [-0.25, -0.2) is 0 Å². The van der Waals surface area contributed by atoms with Crippen LogP contribution in [0, 0.1) is 0 Å². The molecule has 0 spiro atoms. The summed E-state index contributed by atoms with van der Waals surface area (Å²) in [6, 6.07) is 8.65. The number of piperidine rings is 1. The highest BCUT2D eigenvalue weighted by Crippen LogP contribution is 2.31. The molecule has 3 nitrogen and oxygen atoms in total. The van der Waals surface area contributed by atoms with Gasteiger partial charge in [-0.2, -0.15) is 0 Å². The Bertz CT molecular complexity index is 570. The van der Waals surface area contributed by atoms with Crippen molar-refractivity contribution < 1.29 is 4.42 Å². The Hall–Kier alpha value is -0.740. The molecule has 0 aliphatic carbocycles. The molecule has 2 heterocycles. The van der Waals surface area contributed by atoms with Gasteiger partial charge in [0.2, 0.25) is 0 Å². The predicted molar refractivity (Wildman–Crippen MR) is 85.8 cm³/mol. The lowest BCUT2D eigenvalue weighted by Gasteiger charge is -2.32. The number of likely N-dealkylation sites (tertiary alicyclic amines) is 1. The zero-order valence-electron chi connectivity index (χ0n) is 11.6. The van der Waals surface area contributed by atoms with E-state index in [0.717, 1.165) is 36.2 Å². The first kappa shape index (κ1) is 15.6. The average molecular weight is 315 g/mol. The van der Waals surface area contributed by atoms with Crippen LogP contribution < -0.4 is 5.32 Å². The molecule has 1 aromatic heterocycles. The standard InChI is InChI=1S/C15H19ClN2O.ClH/c1-17-11-5-4-8-18(9-11)10-13-12-6-2-3-7-14(12)19-15(13)16;/h2-3,6-7,11,17H,4-5,8-10H2,1H3;1H. The van der Waals surface area contributed by atoms with Gasteiger partial charge >= 0.3 is 0 Å². The van der Waals surface area contributed by atoms with Gasteiger partial charge < -0.3 is 9.73 Å². The highest BCUT2D eigenvalue weighted by molar-refractivity contribution is 6.30. The Morgan fingerprint density at radius 3 is 3.00 bits per heavy atom. The second kappa shape index (κ2) is 6.81. The summed E-state index contributed by atoms with van der Waals surface area (Å²) >= 11 is 6.25. The predicted octanol–water partition coefficient (Wildman–Crippen LogP) is 3.69. The summed E-state index contributed by atoms with van der Waals surface area (Å²) < 4.78 is 5.62. The van der Waals surface area contributed by atoms with E-state index in [4.69, 9.17) is 16.0 Å². The first-order valence-electron chi connectivity index (χ1n) is 6.83. The van der Waals surface area contributed by atoms with Crippen LogP contribution in [-0.2, 0) is 6.54 Å². The summed E-state index contributed by atoms with van der Waals surface area (Å²) in [5.74, 6) is 0. The second-order valence-corrected chi connectivity index (χ2v) is 5.56. The molecule has 1 unspecified atom stereocenters. The molecule has 2 aromatic rings. The molecular weight excluding hydrogens is 295 g/mol. The molecule has 0 amide bonds. The number of nitrogens with one attached hydrogen (secondary N) is 1. The molecule has 110 valence electrons. The third-order valence-electron chi connectivity index (χ3n) is 3.94. The Morgan fingerprint density at radius 1 is 1.40 bits per heavy atom. The molecule has 0 bridgehead atoms. The fourth-order valence-electron chi connectivity index (χ4n) is 2.87. The lowest BCUT2D eigenvalue weighted by molar-refractivity contribution is 0.188. The quantitative estimate of drug-likeness (QED) is 0.936. The normalized spacial score (nSPS) is 20.0. The third kappa shape index (κ3) is 3.12. The smallest absolute Gasteiger partial charge is 0.199 e. The number of fused-ring (bicyclic) bond motifs is 1. The summed E-state index contributed by atoms with van der Waals surface area (Å²) in [7, 11) is 2.04. The van der Waals surface area contributed by atoms with Crippen molar-refractivity contribution in [3.8, 4) is 0 Å². The van der Waals surface area contributed by atoms with Crippen molar-refractivity contribution in [1.29, 1.82) is 0 Å². The lowest BCUT2D eigenvalue weighted by atomic mass is 10.0. The van der Waals surface area contributed by atoms with Gasteiger partial charge in [-0.05, 0) is 44.1 Å². The van der Waals surface area contributed by atoms with Crippen molar-refractivity contribution in [1.82, 2.24) is 10.2 Å². The maximum absolute atomic E-state index is 6.25. The molecule has 1 N–H and O–H groups in total. The number of benzene rings is 1. The number of hydrogen-bond acceptors (Lipinski definition) is 3. The van der Waals surface area contributed by atoms with Gasteiger partial charge in [-0.15, -0.1) is 12.4 Å². The van der Waals surface area contributed by atoms with Crippen LogP contribution in [0.15, 0.2) is 28.7 Å². The van der Waals surface area contributed by atoms with Crippen LogP contribution in [-0.4, -0.2) is 31.1 Å². The summed E-state index contributed by atoms with van der Waals surface area (Å²) in [5.41, 5.74) is 2.00. The molecule has 1 fully saturated rings. The molecule has 0 radical (unpaired) electrons. The Kier molecular flexibility index (Phi) is 5.33. The van der Waals surface area contributed by atoms with Crippen molar-refractivity contribution in [2.45, 2.75) is 25.4 Å². The zero-order valence-corrected chi connectivity index (χ0v) is 13.1. The number of para-hydroxylation sites is 1. The molecule has 5 heteroatoms. The highest BCUT2D eigenvalue weighted by Gasteiger charge is 2.21. The number of furan rings is 1. The third-order valence-corrected chi connectivity index (χ3v) is 4.25. The Morgan fingerprint density at radius 2 is 2.20 bits per heavy atom. The van der Waals surface area contributed by atoms with Crippen molar-refractivity contribution in [3.05, 3.63) is 35.0 Å². The molecule has 1 aliphatic heterocycles. The number of rotatable bonds is 3. The molecule has 0 saturated carbocycles.